The minimum atomic E-state index is -4.20. The number of amides is 1. The Morgan fingerprint density at radius 2 is 1.96 bits per heavy atom. The van der Waals surface area contributed by atoms with Crippen LogP contribution >= 0.6 is 0 Å². The van der Waals surface area contributed by atoms with E-state index < -0.39 is 12.7 Å². The van der Waals surface area contributed by atoms with Gasteiger partial charge >= 0.3 is 6.18 Å². The third-order valence-electron chi connectivity index (χ3n) is 4.05. The number of hydrogen-bond acceptors (Lipinski definition) is 2. The van der Waals surface area contributed by atoms with Crippen LogP contribution in [0.2, 0.25) is 0 Å². The average molecular weight is 332 g/mol. The van der Waals surface area contributed by atoms with Gasteiger partial charge in [0, 0.05) is 12.5 Å². The summed E-state index contributed by atoms with van der Waals surface area (Å²) in [6.07, 6.45) is -3.36. The summed E-state index contributed by atoms with van der Waals surface area (Å²) < 4.78 is 50.1. The van der Waals surface area contributed by atoms with E-state index in [-0.39, 0.29) is 30.7 Å². The molecule has 1 saturated heterocycles. The normalized spacial score (nSPS) is 17.3. The zero-order chi connectivity index (χ0) is 17.0. The molecule has 1 fully saturated rings. The lowest BCUT2D eigenvalue weighted by Crippen LogP contribution is -2.43. The summed E-state index contributed by atoms with van der Waals surface area (Å²) in [6.45, 7) is 1.57. The Morgan fingerprint density at radius 1 is 1.30 bits per heavy atom. The molecule has 0 saturated carbocycles. The topological polar surface area (TPSA) is 32.3 Å². The summed E-state index contributed by atoms with van der Waals surface area (Å²) in [5.41, 5.74) is 1.31. The van der Waals surface area contributed by atoms with Crippen LogP contribution in [0.15, 0.2) is 18.2 Å². The largest absolute Gasteiger partial charge is 0.401 e. The van der Waals surface area contributed by atoms with E-state index in [0.29, 0.717) is 24.9 Å². The SMILES string of the molecule is Cc1cc(CNC(=O)C2CCN(CC(F)(F)F)CC2)ccc1F. The second-order valence-electron chi connectivity index (χ2n) is 5.97. The maximum atomic E-state index is 13.2. The number of nitrogens with zero attached hydrogens (tertiary/aromatic N) is 1. The van der Waals surface area contributed by atoms with E-state index in [0.717, 1.165) is 5.56 Å². The number of carbonyl (C=O) groups is 1. The number of hydrogen-bond donors (Lipinski definition) is 1. The predicted octanol–water partition coefficient (Wildman–Crippen LogP) is 3.02. The van der Waals surface area contributed by atoms with Crippen LogP contribution in [0.1, 0.15) is 24.0 Å². The first-order chi connectivity index (χ1) is 10.7. The lowest BCUT2D eigenvalue weighted by Gasteiger charge is -2.31. The van der Waals surface area contributed by atoms with Crippen LogP contribution in [0.3, 0.4) is 0 Å². The molecular weight excluding hydrogens is 312 g/mol. The van der Waals surface area contributed by atoms with Gasteiger partial charge in [-0.1, -0.05) is 12.1 Å². The fraction of sp³-hybridized carbons (Fsp3) is 0.562. The van der Waals surface area contributed by atoms with E-state index in [2.05, 4.69) is 5.32 Å². The molecule has 1 aromatic rings. The van der Waals surface area contributed by atoms with Gasteiger partial charge in [0.05, 0.1) is 6.54 Å². The zero-order valence-corrected chi connectivity index (χ0v) is 12.9. The molecular formula is C16H20F4N2O. The van der Waals surface area contributed by atoms with Gasteiger partial charge in [-0.3, -0.25) is 9.69 Å². The molecule has 0 aliphatic carbocycles. The summed E-state index contributed by atoms with van der Waals surface area (Å²) in [7, 11) is 0. The summed E-state index contributed by atoms with van der Waals surface area (Å²) in [5.74, 6) is -0.711. The van der Waals surface area contributed by atoms with Crippen molar-refractivity contribution in [3.8, 4) is 0 Å². The third kappa shape index (κ3) is 5.49. The monoisotopic (exact) mass is 332 g/mol. The van der Waals surface area contributed by atoms with Gasteiger partial charge in [0.25, 0.3) is 0 Å². The number of rotatable bonds is 4. The molecule has 1 aliphatic rings. The Balaban J connectivity index is 1.78. The first kappa shape index (κ1) is 17.7. The van der Waals surface area contributed by atoms with Gasteiger partial charge in [-0.05, 0) is 50.0 Å². The maximum Gasteiger partial charge on any atom is 0.401 e. The van der Waals surface area contributed by atoms with Crippen molar-refractivity contribution in [2.24, 2.45) is 5.92 Å². The van der Waals surface area contributed by atoms with Crippen LogP contribution < -0.4 is 5.32 Å². The van der Waals surface area contributed by atoms with E-state index in [1.54, 1.807) is 19.1 Å². The van der Waals surface area contributed by atoms with Crippen LogP contribution in [0, 0.1) is 18.7 Å². The van der Waals surface area contributed by atoms with Crippen molar-refractivity contribution in [1.82, 2.24) is 10.2 Å². The molecule has 1 N–H and O–H groups in total. The molecule has 0 spiro atoms. The van der Waals surface area contributed by atoms with Crippen molar-refractivity contribution >= 4 is 5.91 Å². The maximum absolute atomic E-state index is 13.2. The smallest absolute Gasteiger partial charge is 0.352 e. The Bertz CT molecular complexity index is 552. The number of benzene rings is 1. The van der Waals surface area contributed by atoms with Crippen molar-refractivity contribution in [2.75, 3.05) is 19.6 Å². The molecule has 23 heavy (non-hydrogen) atoms. The Hall–Kier alpha value is -1.63. The summed E-state index contributed by atoms with van der Waals surface area (Å²) >= 11 is 0. The molecule has 128 valence electrons. The van der Waals surface area contributed by atoms with Crippen LogP contribution in [0.4, 0.5) is 17.6 Å². The van der Waals surface area contributed by atoms with Crippen LogP contribution in [0.5, 0.6) is 0 Å². The van der Waals surface area contributed by atoms with E-state index in [9.17, 15) is 22.4 Å². The summed E-state index contributed by atoms with van der Waals surface area (Å²) in [4.78, 5) is 13.4. The number of likely N-dealkylation sites (tertiary alicyclic amines) is 1. The van der Waals surface area contributed by atoms with Gasteiger partial charge in [0.1, 0.15) is 5.82 Å². The molecule has 0 radical (unpaired) electrons. The minimum Gasteiger partial charge on any atom is -0.352 e. The molecule has 1 amide bonds. The average Bonchev–Trinajstić information content (AvgIpc) is 2.47. The quantitative estimate of drug-likeness (QED) is 0.860. The molecule has 1 heterocycles. The van der Waals surface area contributed by atoms with E-state index in [4.69, 9.17) is 0 Å². The number of aryl methyl sites for hydroxylation is 1. The zero-order valence-electron chi connectivity index (χ0n) is 12.9. The number of carbonyl (C=O) groups excluding carboxylic acids is 1. The highest BCUT2D eigenvalue weighted by Gasteiger charge is 2.33. The molecule has 7 heteroatoms. The van der Waals surface area contributed by atoms with Crippen molar-refractivity contribution in [2.45, 2.75) is 32.5 Å². The first-order valence-corrected chi connectivity index (χ1v) is 7.56. The Morgan fingerprint density at radius 3 is 2.52 bits per heavy atom. The molecule has 0 bridgehead atoms. The number of alkyl halides is 3. The van der Waals surface area contributed by atoms with E-state index >= 15 is 0 Å². The van der Waals surface area contributed by atoms with Crippen LogP contribution in [0.25, 0.3) is 0 Å². The highest BCUT2D eigenvalue weighted by molar-refractivity contribution is 5.78. The van der Waals surface area contributed by atoms with Crippen molar-refractivity contribution in [3.05, 3.63) is 35.1 Å². The Kier molecular flexibility index (Phi) is 5.62. The Labute approximate surface area is 132 Å². The highest BCUT2D eigenvalue weighted by Crippen LogP contribution is 2.22. The van der Waals surface area contributed by atoms with Gasteiger partial charge in [0.2, 0.25) is 5.91 Å². The molecule has 0 atom stereocenters. The highest BCUT2D eigenvalue weighted by atomic mass is 19.4. The second-order valence-corrected chi connectivity index (χ2v) is 5.97. The number of piperidine rings is 1. The number of halogens is 4. The van der Waals surface area contributed by atoms with Gasteiger partial charge in [-0.25, -0.2) is 4.39 Å². The first-order valence-electron chi connectivity index (χ1n) is 7.56. The third-order valence-corrected chi connectivity index (χ3v) is 4.05. The van der Waals surface area contributed by atoms with Gasteiger partial charge in [-0.2, -0.15) is 13.2 Å². The van der Waals surface area contributed by atoms with Crippen LogP contribution in [-0.4, -0.2) is 36.6 Å². The lowest BCUT2D eigenvalue weighted by atomic mass is 9.96. The van der Waals surface area contributed by atoms with E-state index in [1.807, 2.05) is 0 Å². The van der Waals surface area contributed by atoms with Gasteiger partial charge in [-0.15, -0.1) is 0 Å². The molecule has 0 aromatic heterocycles. The molecule has 0 unspecified atom stereocenters. The molecule has 1 aromatic carbocycles. The standard InChI is InChI=1S/C16H20F4N2O/c1-11-8-12(2-3-14(11)17)9-21-15(23)13-4-6-22(7-5-13)10-16(18,19)20/h2-3,8,13H,4-7,9-10H2,1H3,(H,21,23). The predicted molar refractivity (Wildman–Crippen MR) is 78.2 cm³/mol. The fourth-order valence-corrected chi connectivity index (χ4v) is 2.76. The molecule has 3 nitrogen and oxygen atoms in total. The van der Waals surface area contributed by atoms with Crippen molar-refractivity contribution < 1.29 is 22.4 Å². The molecule has 1 aliphatic heterocycles. The van der Waals surface area contributed by atoms with Gasteiger partial charge < -0.3 is 5.32 Å². The summed E-state index contributed by atoms with van der Waals surface area (Å²) in [6, 6.07) is 4.63. The van der Waals surface area contributed by atoms with Gasteiger partial charge in [0.15, 0.2) is 0 Å². The van der Waals surface area contributed by atoms with Crippen molar-refractivity contribution in [1.29, 1.82) is 0 Å². The summed E-state index contributed by atoms with van der Waals surface area (Å²) in [5, 5.41) is 2.78. The lowest BCUT2D eigenvalue weighted by molar-refractivity contribution is -0.149. The van der Waals surface area contributed by atoms with Crippen LogP contribution in [-0.2, 0) is 11.3 Å². The van der Waals surface area contributed by atoms with E-state index in [1.165, 1.54) is 11.0 Å². The minimum absolute atomic E-state index is 0.154. The second kappa shape index (κ2) is 7.29. The fourth-order valence-electron chi connectivity index (χ4n) is 2.76. The molecule has 2 rings (SSSR count). The van der Waals surface area contributed by atoms with Crippen molar-refractivity contribution in [3.63, 3.8) is 0 Å². The number of nitrogens with one attached hydrogen (secondary N) is 1.